The molecule has 2 rings (SSSR count). The third-order valence-electron chi connectivity index (χ3n) is 3.16. The highest BCUT2D eigenvalue weighted by Crippen LogP contribution is 2.13. The lowest BCUT2D eigenvalue weighted by atomic mass is 9.99. The third kappa shape index (κ3) is 4.48. The first-order valence-electron chi connectivity index (χ1n) is 7.49. The van der Waals surface area contributed by atoms with Crippen LogP contribution in [0.15, 0.2) is 30.5 Å². The fourth-order valence-corrected chi connectivity index (χ4v) is 2.43. The van der Waals surface area contributed by atoms with E-state index in [9.17, 15) is 0 Å². The van der Waals surface area contributed by atoms with Crippen LogP contribution in [0.2, 0.25) is 0 Å². The van der Waals surface area contributed by atoms with Crippen molar-refractivity contribution in [1.82, 2.24) is 15.0 Å². The van der Waals surface area contributed by atoms with Gasteiger partial charge in [0.25, 0.3) is 0 Å². The van der Waals surface area contributed by atoms with Gasteiger partial charge in [-0.2, -0.15) is 0 Å². The molecule has 0 amide bonds. The van der Waals surface area contributed by atoms with Crippen molar-refractivity contribution < 1.29 is 0 Å². The fraction of sp³-hybridized carbons (Fsp3) is 0.529. The lowest BCUT2D eigenvalue weighted by Gasteiger charge is -2.06. The van der Waals surface area contributed by atoms with Crippen molar-refractivity contribution in [3.8, 4) is 0 Å². The summed E-state index contributed by atoms with van der Waals surface area (Å²) in [6, 6.07) is 8.82. The van der Waals surface area contributed by atoms with Gasteiger partial charge in [-0.3, -0.25) is 4.68 Å². The van der Waals surface area contributed by atoms with E-state index in [1.807, 2.05) is 4.68 Å². The molecule has 0 unspecified atom stereocenters. The standard InChI is InChI=1S/C17H25N3/c1-13(2)8-15-6-5-7-16(9-15)10-17-12-20(19-18-17)11-14(3)4/h5-7,9,12-14H,8,10-11H2,1-4H3. The molecule has 0 aliphatic carbocycles. The molecule has 0 spiro atoms. The van der Waals surface area contributed by atoms with Crippen LogP contribution in [0.5, 0.6) is 0 Å². The summed E-state index contributed by atoms with van der Waals surface area (Å²) in [6.45, 7) is 9.82. The normalized spacial score (nSPS) is 11.5. The van der Waals surface area contributed by atoms with Crippen molar-refractivity contribution >= 4 is 0 Å². The Morgan fingerprint density at radius 1 is 1.05 bits per heavy atom. The first-order valence-corrected chi connectivity index (χ1v) is 7.49. The minimum absolute atomic E-state index is 0.596. The molecule has 2 aromatic rings. The Bertz CT molecular complexity index is 541. The summed E-state index contributed by atoms with van der Waals surface area (Å²) in [5, 5.41) is 8.46. The molecule has 1 aromatic carbocycles. The molecular weight excluding hydrogens is 246 g/mol. The summed E-state index contributed by atoms with van der Waals surface area (Å²) >= 11 is 0. The van der Waals surface area contributed by atoms with Crippen LogP contribution >= 0.6 is 0 Å². The zero-order valence-corrected chi connectivity index (χ0v) is 13.0. The topological polar surface area (TPSA) is 30.7 Å². The summed E-state index contributed by atoms with van der Waals surface area (Å²) < 4.78 is 1.94. The SMILES string of the molecule is CC(C)Cc1cccc(Cc2cn(CC(C)C)nn2)c1. The van der Waals surface area contributed by atoms with E-state index < -0.39 is 0 Å². The Balaban J connectivity index is 2.04. The van der Waals surface area contributed by atoms with E-state index in [0.29, 0.717) is 11.8 Å². The van der Waals surface area contributed by atoms with E-state index in [1.165, 1.54) is 11.1 Å². The highest BCUT2D eigenvalue weighted by Gasteiger charge is 2.05. The van der Waals surface area contributed by atoms with Crippen LogP contribution in [0.1, 0.15) is 44.5 Å². The molecule has 0 bridgehead atoms. The number of benzene rings is 1. The lowest BCUT2D eigenvalue weighted by molar-refractivity contribution is 0.472. The maximum absolute atomic E-state index is 4.27. The predicted molar refractivity (Wildman–Crippen MR) is 82.7 cm³/mol. The zero-order chi connectivity index (χ0) is 14.5. The Morgan fingerprint density at radius 3 is 2.50 bits per heavy atom. The average Bonchev–Trinajstić information content (AvgIpc) is 2.75. The molecule has 1 heterocycles. The van der Waals surface area contributed by atoms with Crippen LogP contribution < -0.4 is 0 Å². The molecule has 0 fully saturated rings. The van der Waals surface area contributed by atoms with E-state index in [0.717, 1.165) is 25.1 Å². The van der Waals surface area contributed by atoms with Gasteiger partial charge < -0.3 is 0 Å². The molecule has 0 N–H and O–H groups in total. The molecule has 1 aromatic heterocycles. The van der Waals surface area contributed by atoms with Crippen LogP contribution in [-0.2, 0) is 19.4 Å². The Kier molecular flexibility index (Phi) is 4.94. The molecule has 108 valence electrons. The van der Waals surface area contributed by atoms with Crippen LogP contribution in [0.25, 0.3) is 0 Å². The minimum atomic E-state index is 0.596. The van der Waals surface area contributed by atoms with Gasteiger partial charge >= 0.3 is 0 Å². The number of aromatic nitrogens is 3. The van der Waals surface area contributed by atoms with E-state index in [-0.39, 0.29) is 0 Å². The Morgan fingerprint density at radius 2 is 1.80 bits per heavy atom. The smallest absolute Gasteiger partial charge is 0.0870 e. The van der Waals surface area contributed by atoms with Crippen molar-refractivity contribution in [3.05, 3.63) is 47.3 Å². The predicted octanol–water partition coefficient (Wildman–Crippen LogP) is 3.72. The number of hydrogen-bond donors (Lipinski definition) is 0. The largest absolute Gasteiger partial charge is 0.252 e. The van der Waals surface area contributed by atoms with Gasteiger partial charge in [-0.25, -0.2) is 0 Å². The second kappa shape index (κ2) is 6.69. The maximum Gasteiger partial charge on any atom is 0.0870 e. The molecule has 0 saturated carbocycles. The number of nitrogens with zero attached hydrogens (tertiary/aromatic N) is 3. The molecule has 0 atom stereocenters. The van der Waals surface area contributed by atoms with Gasteiger partial charge in [0.05, 0.1) is 5.69 Å². The van der Waals surface area contributed by atoms with Crippen LogP contribution in [0.4, 0.5) is 0 Å². The first kappa shape index (κ1) is 14.8. The molecular formula is C17H25N3. The summed E-state index contributed by atoms with van der Waals surface area (Å²) in [4.78, 5) is 0. The van der Waals surface area contributed by atoms with Gasteiger partial charge in [-0.15, -0.1) is 5.10 Å². The van der Waals surface area contributed by atoms with E-state index >= 15 is 0 Å². The number of rotatable bonds is 6. The van der Waals surface area contributed by atoms with Gasteiger partial charge in [-0.1, -0.05) is 57.2 Å². The molecule has 0 aliphatic rings. The third-order valence-corrected chi connectivity index (χ3v) is 3.16. The summed E-state index contributed by atoms with van der Waals surface area (Å²) in [6.07, 6.45) is 4.06. The highest BCUT2D eigenvalue weighted by atomic mass is 15.4. The molecule has 3 nitrogen and oxygen atoms in total. The summed E-state index contributed by atoms with van der Waals surface area (Å²) in [5.41, 5.74) is 3.78. The molecule has 3 heteroatoms. The van der Waals surface area contributed by atoms with Crippen molar-refractivity contribution in [2.24, 2.45) is 11.8 Å². The molecule has 0 aliphatic heterocycles. The summed E-state index contributed by atoms with van der Waals surface area (Å²) in [7, 11) is 0. The van der Waals surface area contributed by atoms with Crippen LogP contribution in [0.3, 0.4) is 0 Å². The number of hydrogen-bond acceptors (Lipinski definition) is 2. The van der Waals surface area contributed by atoms with Crippen LogP contribution in [0, 0.1) is 11.8 Å². The van der Waals surface area contributed by atoms with E-state index in [4.69, 9.17) is 0 Å². The van der Waals surface area contributed by atoms with Crippen molar-refractivity contribution in [1.29, 1.82) is 0 Å². The van der Waals surface area contributed by atoms with Gasteiger partial charge in [0.2, 0.25) is 0 Å². The molecule has 0 radical (unpaired) electrons. The second-order valence-corrected chi connectivity index (χ2v) is 6.42. The zero-order valence-electron chi connectivity index (χ0n) is 13.0. The van der Waals surface area contributed by atoms with Gasteiger partial charge in [0, 0.05) is 19.2 Å². The van der Waals surface area contributed by atoms with Gasteiger partial charge in [0.1, 0.15) is 0 Å². The van der Waals surface area contributed by atoms with E-state index in [2.05, 4.69) is 68.5 Å². The first-order chi connectivity index (χ1) is 9.52. The second-order valence-electron chi connectivity index (χ2n) is 6.42. The van der Waals surface area contributed by atoms with Crippen molar-refractivity contribution in [2.45, 2.75) is 47.1 Å². The van der Waals surface area contributed by atoms with Crippen LogP contribution in [-0.4, -0.2) is 15.0 Å². The maximum atomic E-state index is 4.27. The Labute approximate surface area is 122 Å². The monoisotopic (exact) mass is 271 g/mol. The van der Waals surface area contributed by atoms with E-state index in [1.54, 1.807) is 0 Å². The van der Waals surface area contributed by atoms with Crippen molar-refractivity contribution in [3.63, 3.8) is 0 Å². The highest BCUT2D eigenvalue weighted by molar-refractivity contribution is 5.26. The molecule has 20 heavy (non-hydrogen) atoms. The van der Waals surface area contributed by atoms with Gasteiger partial charge in [0.15, 0.2) is 0 Å². The van der Waals surface area contributed by atoms with Crippen molar-refractivity contribution in [2.75, 3.05) is 0 Å². The summed E-state index contributed by atoms with van der Waals surface area (Å²) in [5.74, 6) is 1.29. The Hall–Kier alpha value is -1.64. The average molecular weight is 271 g/mol. The minimum Gasteiger partial charge on any atom is -0.252 e. The lowest BCUT2D eigenvalue weighted by Crippen LogP contribution is -2.04. The molecule has 0 saturated heterocycles. The fourth-order valence-electron chi connectivity index (χ4n) is 2.43. The van der Waals surface area contributed by atoms with Gasteiger partial charge in [-0.05, 0) is 29.4 Å². The quantitative estimate of drug-likeness (QED) is 0.801.